The van der Waals surface area contributed by atoms with E-state index in [9.17, 15) is 0 Å². The molecule has 3 rings (SSSR count). The molecular formula is C13H16N4. The van der Waals surface area contributed by atoms with Crippen molar-refractivity contribution in [2.45, 2.75) is 18.8 Å². The lowest BCUT2D eigenvalue weighted by Gasteiger charge is -2.22. The number of nitrogen functional groups attached to an aromatic ring is 1. The lowest BCUT2D eigenvalue weighted by Crippen LogP contribution is -2.27. The molecule has 4 heteroatoms. The van der Waals surface area contributed by atoms with Gasteiger partial charge >= 0.3 is 0 Å². The zero-order valence-electron chi connectivity index (χ0n) is 9.69. The Hall–Kier alpha value is -1.68. The van der Waals surface area contributed by atoms with Crippen LogP contribution in [0.4, 0.5) is 5.69 Å². The zero-order chi connectivity index (χ0) is 11.7. The van der Waals surface area contributed by atoms with E-state index in [-0.39, 0.29) is 0 Å². The van der Waals surface area contributed by atoms with Crippen LogP contribution in [0.3, 0.4) is 0 Å². The molecule has 0 saturated carbocycles. The van der Waals surface area contributed by atoms with E-state index >= 15 is 0 Å². The molecule has 1 saturated heterocycles. The van der Waals surface area contributed by atoms with Crippen molar-refractivity contribution in [1.82, 2.24) is 15.3 Å². The van der Waals surface area contributed by atoms with Gasteiger partial charge in [0.25, 0.3) is 0 Å². The van der Waals surface area contributed by atoms with Crippen LogP contribution < -0.4 is 11.1 Å². The Morgan fingerprint density at radius 2 is 2.12 bits per heavy atom. The molecule has 3 heterocycles. The van der Waals surface area contributed by atoms with Gasteiger partial charge in [0, 0.05) is 17.8 Å². The first kappa shape index (κ1) is 10.5. The van der Waals surface area contributed by atoms with Crippen molar-refractivity contribution < 1.29 is 0 Å². The third kappa shape index (κ3) is 1.96. The van der Waals surface area contributed by atoms with Crippen molar-refractivity contribution >= 4 is 16.7 Å². The summed E-state index contributed by atoms with van der Waals surface area (Å²) in [5.41, 5.74) is 9.61. The SMILES string of the molecule is Nc1cc(C2CCNCC2)nc2cccnc12. The molecule has 2 aromatic heterocycles. The number of aromatic nitrogens is 2. The van der Waals surface area contributed by atoms with Crippen LogP contribution in [0.2, 0.25) is 0 Å². The number of nitrogens with two attached hydrogens (primary N) is 1. The average molecular weight is 228 g/mol. The van der Waals surface area contributed by atoms with E-state index in [0.717, 1.165) is 48.3 Å². The maximum Gasteiger partial charge on any atom is 0.112 e. The smallest absolute Gasteiger partial charge is 0.112 e. The molecule has 0 aromatic carbocycles. The number of nitrogens with one attached hydrogen (secondary N) is 1. The van der Waals surface area contributed by atoms with Gasteiger partial charge in [-0.3, -0.25) is 9.97 Å². The number of anilines is 1. The van der Waals surface area contributed by atoms with Crippen molar-refractivity contribution in [2.24, 2.45) is 0 Å². The van der Waals surface area contributed by atoms with E-state index in [4.69, 9.17) is 5.73 Å². The molecular weight excluding hydrogens is 212 g/mol. The third-order valence-corrected chi connectivity index (χ3v) is 3.37. The first-order valence-electron chi connectivity index (χ1n) is 6.06. The van der Waals surface area contributed by atoms with Gasteiger partial charge in [-0.2, -0.15) is 0 Å². The van der Waals surface area contributed by atoms with E-state index in [1.165, 1.54) is 0 Å². The van der Waals surface area contributed by atoms with Crippen LogP contribution in [-0.2, 0) is 0 Å². The highest BCUT2D eigenvalue weighted by Crippen LogP contribution is 2.27. The minimum atomic E-state index is 0.531. The lowest BCUT2D eigenvalue weighted by atomic mass is 9.93. The van der Waals surface area contributed by atoms with Crippen LogP contribution in [-0.4, -0.2) is 23.1 Å². The Kier molecular flexibility index (Phi) is 2.65. The van der Waals surface area contributed by atoms with E-state index in [1.807, 2.05) is 18.2 Å². The molecule has 0 atom stereocenters. The molecule has 0 aliphatic carbocycles. The predicted molar refractivity (Wildman–Crippen MR) is 68.8 cm³/mol. The highest BCUT2D eigenvalue weighted by molar-refractivity contribution is 5.86. The van der Waals surface area contributed by atoms with E-state index in [1.54, 1.807) is 6.20 Å². The van der Waals surface area contributed by atoms with Crippen molar-refractivity contribution in [3.63, 3.8) is 0 Å². The Morgan fingerprint density at radius 1 is 1.29 bits per heavy atom. The fraction of sp³-hybridized carbons (Fsp3) is 0.385. The maximum atomic E-state index is 6.05. The molecule has 1 aliphatic heterocycles. The largest absolute Gasteiger partial charge is 0.397 e. The average Bonchev–Trinajstić information content (AvgIpc) is 2.40. The summed E-state index contributed by atoms with van der Waals surface area (Å²) in [6, 6.07) is 5.87. The molecule has 1 aliphatic rings. The summed E-state index contributed by atoms with van der Waals surface area (Å²) in [6.07, 6.45) is 4.03. The van der Waals surface area contributed by atoms with Gasteiger partial charge in [0.2, 0.25) is 0 Å². The van der Waals surface area contributed by atoms with Gasteiger partial charge in [-0.25, -0.2) is 0 Å². The molecule has 1 fully saturated rings. The highest BCUT2D eigenvalue weighted by Gasteiger charge is 2.17. The van der Waals surface area contributed by atoms with Crippen LogP contribution in [0.1, 0.15) is 24.5 Å². The summed E-state index contributed by atoms with van der Waals surface area (Å²) in [4.78, 5) is 8.96. The Balaban J connectivity index is 2.05. The second-order valence-electron chi connectivity index (χ2n) is 4.53. The second kappa shape index (κ2) is 4.30. The number of hydrogen-bond donors (Lipinski definition) is 2. The summed E-state index contributed by atoms with van der Waals surface area (Å²) >= 11 is 0. The Bertz CT molecular complexity index is 532. The summed E-state index contributed by atoms with van der Waals surface area (Å²) < 4.78 is 0. The summed E-state index contributed by atoms with van der Waals surface area (Å²) in [5.74, 6) is 0.531. The molecule has 0 bridgehead atoms. The lowest BCUT2D eigenvalue weighted by molar-refractivity contribution is 0.454. The highest BCUT2D eigenvalue weighted by atomic mass is 14.9. The van der Waals surface area contributed by atoms with Gasteiger partial charge in [-0.1, -0.05) is 0 Å². The maximum absolute atomic E-state index is 6.05. The van der Waals surface area contributed by atoms with Gasteiger partial charge in [-0.05, 0) is 44.1 Å². The second-order valence-corrected chi connectivity index (χ2v) is 4.53. The number of hydrogen-bond acceptors (Lipinski definition) is 4. The fourth-order valence-electron chi connectivity index (χ4n) is 2.44. The van der Waals surface area contributed by atoms with Crippen molar-refractivity contribution in [3.8, 4) is 0 Å². The number of nitrogens with zero attached hydrogens (tertiary/aromatic N) is 2. The van der Waals surface area contributed by atoms with Crippen LogP contribution in [0.15, 0.2) is 24.4 Å². The number of fused-ring (bicyclic) bond motifs is 1. The van der Waals surface area contributed by atoms with E-state index < -0.39 is 0 Å². The van der Waals surface area contributed by atoms with Gasteiger partial charge in [-0.15, -0.1) is 0 Å². The summed E-state index contributed by atoms with van der Waals surface area (Å²) in [6.45, 7) is 2.13. The van der Waals surface area contributed by atoms with Crippen LogP contribution in [0.5, 0.6) is 0 Å². The first-order valence-corrected chi connectivity index (χ1v) is 6.06. The van der Waals surface area contributed by atoms with Crippen LogP contribution in [0.25, 0.3) is 11.0 Å². The molecule has 88 valence electrons. The quantitative estimate of drug-likeness (QED) is 0.779. The van der Waals surface area contributed by atoms with Crippen molar-refractivity contribution in [3.05, 3.63) is 30.1 Å². The summed E-state index contributed by atoms with van der Waals surface area (Å²) in [5, 5.41) is 3.36. The monoisotopic (exact) mass is 228 g/mol. The van der Waals surface area contributed by atoms with E-state index in [0.29, 0.717) is 5.92 Å². The number of pyridine rings is 2. The molecule has 0 amide bonds. The predicted octanol–water partition coefficient (Wildman–Crippen LogP) is 1.68. The van der Waals surface area contributed by atoms with Crippen molar-refractivity contribution in [1.29, 1.82) is 0 Å². The number of piperidine rings is 1. The van der Waals surface area contributed by atoms with E-state index in [2.05, 4.69) is 15.3 Å². The standard InChI is InChI=1S/C13H16N4/c14-10-8-12(9-3-6-15-7-4-9)17-11-2-1-5-16-13(10)11/h1-2,5,8-9,15H,3-4,6-7H2,(H2,14,17). The molecule has 0 radical (unpaired) electrons. The summed E-state index contributed by atoms with van der Waals surface area (Å²) in [7, 11) is 0. The van der Waals surface area contributed by atoms with Crippen molar-refractivity contribution in [2.75, 3.05) is 18.8 Å². The number of rotatable bonds is 1. The topological polar surface area (TPSA) is 63.8 Å². The fourth-order valence-corrected chi connectivity index (χ4v) is 2.44. The zero-order valence-corrected chi connectivity index (χ0v) is 9.69. The molecule has 3 N–H and O–H groups in total. The van der Waals surface area contributed by atoms with Gasteiger partial charge in [0.1, 0.15) is 5.52 Å². The third-order valence-electron chi connectivity index (χ3n) is 3.37. The van der Waals surface area contributed by atoms with Gasteiger partial charge < -0.3 is 11.1 Å². The van der Waals surface area contributed by atoms with Gasteiger partial charge in [0.05, 0.1) is 11.2 Å². The Morgan fingerprint density at radius 3 is 2.94 bits per heavy atom. The van der Waals surface area contributed by atoms with Crippen LogP contribution in [0, 0.1) is 0 Å². The molecule has 0 unspecified atom stereocenters. The molecule has 0 spiro atoms. The Labute approximate surface area is 100 Å². The normalized spacial score (nSPS) is 17.4. The van der Waals surface area contributed by atoms with Crippen LogP contribution >= 0.6 is 0 Å². The molecule has 4 nitrogen and oxygen atoms in total. The first-order chi connectivity index (χ1) is 8.34. The molecule has 17 heavy (non-hydrogen) atoms. The minimum Gasteiger partial charge on any atom is -0.397 e. The molecule has 2 aromatic rings. The van der Waals surface area contributed by atoms with Gasteiger partial charge in [0.15, 0.2) is 0 Å². The minimum absolute atomic E-state index is 0.531.